The maximum Gasteiger partial charge on any atom is 0.288 e. The molecule has 1 atom stereocenters. The lowest BCUT2D eigenvalue weighted by Crippen LogP contribution is -2.26. The molecule has 126 valence electrons. The number of fused-ring (bicyclic) bond motifs is 1. The molecule has 0 saturated carbocycles. The monoisotopic (exact) mass is 354 g/mol. The lowest BCUT2D eigenvalue weighted by molar-refractivity contribution is -0.384. The van der Waals surface area contributed by atoms with Gasteiger partial charge in [-0.15, -0.1) is 0 Å². The molecule has 0 aliphatic heterocycles. The number of nitro benzene ring substituents is 1. The lowest BCUT2D eigenvalue weighted by atomic mass is 10.0. The van der Waals surface area contributed by atoms with Gasteiger partial charge in [-0.05, 0) is 41.5 Å². The number of amides is 1. The Balaban J connectivity index is 1.82. The Morgan fingerprint density at radius 1 is 1.08 bits per heavy atom. The summed E-state index contributed by atoms with van der Waals surface area (Å²) < 4.78 is 0. The van der Waals surface area contributed by atoms with E-state index in [0.29, 0.717) is 0 Å². The van der Waals surface area contributed by atoms with Gasteiger partial charge in [0.05, 0.1) is 11.0 Å². The van der Waals surface area contributed by atoms with Crippen LogP contribution in [0.5, 0.6) is 0 Å². The van der Waals surface area contributed by atoms with Gasteiger partial charge in [0.25, 0.3) is 11.6 Å². The van der Waals surface area contributed by atoms with Crippen molar-refractivity contribution in [3.63, 3.8) is 0 Å². The number of halogens is 1. The zero-order valence-corrected chi connectivity index (χ0v) is 14.2. The summed E-state index contributed by atoms with van der Waals surface area (Å²) in [7, 11) is 0. The van der Waals surface area contributed by atoms with Crippen LogP contribution in [-0.2, 0) is 0 Å². The molecule has 1 amide bonds. The van der Waals surface area contributed by atoms with Crippen LogP contribution in [0.4, 0.5) is 5.69 Å². The molecule has 5 nitrogen and oxygen atoms in total. The predicted octanol–water partition coefficient (Wildman–Crippen LogP) is 4.89. The predicted molar refractivity (Wildman–Crippen MR) is 97.9 cm³/mol. The second kappa shape index (κ2) is 6.91. The Labute approximate surface area is 149 Å². The SMILES string of the molecule is C[C@H](NC(=O)c1ccc(Cl)c([N+](=O)[O-])c1)c1ccc2ccccc2c1. The van der Waals surface area contributed by atoms with E-state index in [9.17, 15) is 14.9 Å². The third-order valence-electron chi connectivity index (χ3n) is 4.03. The molecule has 3 rings (SSSR count). The van der Waals surface area contributed by atoms with Crippen molar-refractivity contribution in [2.75, 3.05) is 0 Å². The summed E-state index contributed by atoms with van der Waals surface area (Å²) in [6.45, 7) is 1.87. The molecule has 0 aliphatic carbocycles. The summed E-state index contributed by atoms with van der Waals surface area (Å²) >= 11 is 5.78. The fraction of sp³-hybridized carbons (Fsp3) is 0.105. The van der Waals surface area contributed by atoms with Crippen LogP contribution in [0.15, 0.2) is 60.7 Å². The normalized spacial score (nSPS) is 11.9. The number of nitrogens with zero attached hydrogens (tertiary/aromatic N) is 1. The van der Waals surface area contributed by atoms with Crippen molar-refractivity contribution >= 4 is 34.0 Å². The molecule has 0 aliphatic rings. The Morgan fingerprint density at radius 3 is 2.52 bits per heavy atom. The first-order chi connectivity index (χ1) is 12.0. The molecule has 6 heteroatoms. The molecule has 0 bridgehead atoms. The first-order valence-electron chi connectivity index (χ1n) is 7.69. The van der Waals surface area contributed by atoms with E-state index in [1.807, 2.05) is 49.4 Å². The molecule has 0 spiro atoms. The maximum absolute atomic E-state index is 12.4. The number of rotatable bonds is 4. The number of hydrogen-bond acceptors (Lipinski definition) is 3. The summed E-state index contributed by atoms with van der Waals surface area (Å²) in [4.78, 5) is 22.8. The second-order valence-corrected chi connectivity index (χ2v) is 6.13. The molecule has 0 aromatic heterocycles. The van der Waals surface area contributed by atoms with Crippen LogP contribution in [0.2, 0.25) is 5.02 Å². The summed E-state index contributed by atoms with van der Waals surface area (Å²) in [5.41, 5.74) is 0.868. The minimum Gasteiger partial charge on any atom is -0.346 e. The highest BCUT2D eigenvalue weighted by Crippen LogP contribution is 2.26. The Kier molecular flexibility index (Phi) is 4.67. The summed E-state index contributed by atoms with van der Waals surface area (Å²) in [6.07, 6.45) is 0. The van der Waals surface area contributed by atoms with E-state index in [-0.39, 0.29) is 28.2 Å². The van der Waals surface area contributed by atoms with Crippen molar-refractivity contribution in [2.45, 2.75) is 13.0 Å². The van der Waals surface area contributed by atoms with E-state index in [1.165, 1.54) is 18.2 Å². The largest absolute Gasteiger partial charge is 0.346 e. The third kappa shape index (κ3) is 3.61. The van der Waals surface area contributed by atoms with Gasteiger partial charge >= 0.3 is 0 Å². The minimum atomic E-state index is -0.605. The molecule has 3 aromatic rings. The van der Waals surface area contributed by atoms with Crippen molar-refractivity contribution in [3.8, 4) is 0 Å². The van der Waals surface area contributed by atoms with Gasteiger partial charge in [-0.25, -0.2) is 0 Å². The van der Waals surface area contributed by atoms with Gasteiger partial charge in [0.15, 0.2) is 0 Å². The highest BCUT2D eigenvalue weighted by atomic mass is 35.5. The van der Waals surface area contributed by atoms with Gasteiger partial charge in [-0.2, -0.15) is 0 Å². The second-order valence-electron chi connectivity index (χ2n) is 5.73. The minimum absolute atomic E-state index is 0.00382. The molecule has 0 saturated heterocycles. The first kappa shape index (κ1) is 16.9. The third-order valence-corrected chi connectivity index (χ3v) is 4.35. The quantitative estimate of drug-likeness (QED) is 0.535. The smallest absolute Gasteiger partial charge is 0.288 e. The standard InChI is InChI=1S/C19H15ClN2O3/c1-12(14-7-6-13-4-2-3-5-15(13)10-14)21-19(23)16-8-9-17(20)18(11-16)22(24)25/h2-12H,1H3,(H,21,23)/t12-/m0/s1. The van der Waals surface area contributed by atoms with E-state index in [2.05, 4.69) is 5.32 Å². The summed E-state index contributed by atoms with van der Waals surface area (Å²) in [6, 6.07) is 17.7. The highest BCUT2D eigenvalue weighted by molar-refractivity contribution is 6.32. The molecule has 0 radical (unpaired) electrons. The molecule has 0 unspecified atom stereocenters. The maximum atomic E-state index is 12.4. The van der Waals surface area contributed by atoms with Crippen LogP contribution < -0.4 is 5.32 Å². The molecule has 25 heavy (non-hydrogen) atoms. The Morgan fingerprint density at radius 2 is 1.80 bits per heavy atom. The van der Waals surface area contributed by atoms with Gasteiger partial charge in [-0.1, -0.05) is 48.0 Å². The van der Waals surface area contributed by atoms with Crippen LogP contribution in [0, 0.1) is 10.1 Å². The zero-order valence-electron chi connectivity index (χ0n) is 13.4. The topological polar surface area (TPSA) is 72.2 Å². The molecule has 0 fully saturated rings. The lowest BCUT2D eigenvalue weighted by Gasteiger charge is -2.15. The molecular weight excluding hydrogens is 340 g/mol. The average Bonchev–Trinajstić information content (AvgIpc) is 2.61. The van der Waals surface area contributed by atoms with E-state index in [4.69, 9.17) is 11.6 Å². The van der Waals surface area contributed by atoms with Gasteiger partial charge in [0.1, 0.15) is 5.02 Å². The summed E-state index contributed by atoms with van der Waals surface area (Å²) in [5.74, 6) is -0.388. The average molecular weight is 355 g/mol. The number of nitro groups is 1. The van der Waals surface area contributed by atoms with Crippen molar-refractivity contribution in [1.82, 2.24) is 5.32 Å². The fourth-order valence-corrected chi connectivity index (χ4v) is 2.82. The molecule has 1 N–H and O–H groups in total. The molecular formula is C19H15ClN2O3. The van der Waals surface area contributed by atoms with E-state index < -0.39 is 4.92 Å². The van der Waals surface area contributed by atoms with Crippen LogP contribution >= 0.6 is 11.6 Å². The van der Waals surface area contributed by atoms with Crippen LogP contribution in [0.1, 0.15) is 28.9 Å². The fourth-order valence-electron chi connectivity index (χ4n) is 2.63. The van der Waals surface area contributed by atoms with Crippen molar-refractivity contribution in [1.29, 1.82) is 0 Å². The van der Waals surface area contributed by atoms with Crippen LogP contribution in [0.3, 0.4) is 0 Å². The molecule has 0 heterocycles. The summed E-state index contributed by atoms with van der Waals surface area (Å²) in [5, 5.41) is 16.0. The first-order valence-corrected chi connectivity index (χ1v) is 8.07. The van der Waals surface area contributed by atoms with E-state index in [1.54, 1.807) is 0 Å². The number of benzene rings is 3. The highest BCUT2D eigenvalue weighted by Gasteiger charge is 2.18. The number of nitrogens with one attached hydrogen (secondary N) is 1. The van der Waals surface area contributed by atoms with Crippen molar-refractivity contribution < 1.29 is 9.72 Å². The molecule has 3 aromatic carbocycles. The Bertz CT molecular complexity index is 972. The number of hydrogen-bond donors (Lipinski definition) is 1. The van der Waals surface area contributed by atoms with Crippen molar-refractivity contribution in [2.24, 2.45) is 0 Å². The van der Waals surface area contributed by atoms with Gasteiger partial charge < -0.3 is 5.32 Å². The van der Waals surface area contributed by atoms with Crippen molar-refractivity contribution in [3.05, 3.63) is 86.9 Å². The Hall–Kier alpha value is -2.92. The van der Waals surface area contributed by atoms with Gasteiger partial charge in [0.2, 0.25) is 0 Å². The number of carbonyl (C=O) groups excluding carboxylic acids is 1. The van der Waals surface area contributed by atoms with E-state index >= 15 is 0 Å². The van der Waals surface area contributed by atoms with E-state index in [0.717, 1.165) is 16.3 Å². The van der Waals surface area contributed by atoms with Gasteiger partial charge in [-0.3, -0.25) is 14.9 Å². The van der Waals surface area contributed by atoms with Crippen LogP contribution in [0.25, 0.3) is 10.8 Å². The van der Waals surface area contributed by atoms with Crippen LogP contribution in [-0.4, -0.2) is 10.8 Å². The number of carbonyl (C=O) groups is 1. The van der Waals surface area contributed by atoms with Gasteiger partial charge in [0, 0.05) is 11.6 Å². The zero-order chi connectivity index (χ0) is 18.0.